The zero-order chi connectivity index (χ0) is 40.0. The Balaban J connectivity index is 1.44. The third-order valence-electron chi connectivity index (χ3n) is 9.45. The molecule has 292 valence electrons. The minimum Gasteiger partial charge on any atom is -0.478 e. The number of rotatable bonds is 12. The standard InChI is InChI=1S/C43H47N5O7S/c1-29-14-12-15-30(2)39(29)35-26-38(45-41(44-35)46-56(52,53)34-21-13-20-33(25-34)40(49)50)54-37(24-31-16-8-6-9-17-31)36-28-48(42(51)55-43(3,4)5)23-22-47(36)27-32-18-10-7-11-19-32/h6-21,25-26,36-37H,22-24,27-28H2,1-5H3,(H,49,50)(H,44,45,46). The van der Waals surface area contributed by atoms with Crippen LogP contribution in [-0.2, 0) is 27.7 Å². The van der Waals surface area contributed by atoms with E-state index in [-0.39, 0.29) is 28.3 Å². The second-order valence-corrected chi connectivity index (χ2v) is 16.6. The van der Waals surface area contributed by atoms with Crippen molar-refractivity contribution in [1.82, 2.24) is 19.8 Å². The van der Waals surface area contributed by atoms with E-state index in [1.54, 1.807) is 11.0 Å². The van der Waals surface area contributed by atoms with Crippen molar-refractivity contribution in [2.45, 2.75) is 70.2 Å². The summed E-state index contributed by atoms with van der Waals surface area (Å²) in [5, 5.41) is 9.52. The van der Waals surface area contributed by atoms with Gasteiger partial charge in [0.1, 0.15) is 11.7 Å². The molecule has 2 heterocycles. The number of ether oxygens (including phenoxy) is 2. The summed E-state index contributed by atoms with van der Waals surface area (Å²) in [6.07, 6.45) is -0.572. The third-order valence-corrected chi connectivity index (χ3v) is 10.8. The summed E-state index contributed by atoms with van der Waals surface area (Å²) in [6, 6.07) is 32.2. The van der Waals surface area contributed by atoms with Crippen LogP contribution in [0.3, 0.4) is 0 Å². The average Bonchev–Trinajstić information content (AvgIpc) is 3.14. The van der Waals surface area contributed by atoms with E-state index >= 15 is 0 Å². The molecule has 2 unspecified atom stereocenters. The summed E-state index contributed by atoms with van der Waals surface area (Å²) in [5.41, 5.74) is 4.27. The Morgan fingerprint density at radius 1 is 0.857 bits per heavy atom. The van der Waals surface area contributed by atoms with Gasteiger partial charge in [-0.15, -0.1) is 0 Å². The Hall–Kier alpha value is -5.79. The predicted octanol–water partition coefficient (Wildman–Crippen LogP) is 7.37. The first-order valence-corrected chi connectivity index (χ1v) is 19.9. The maximum Gasteiger partial charge on any atom is 0.410 e. The molecule has 5 aromatic rings. The van der Waals surface area contributed by atoms with Gasteiger partial charge in [-0.1, -0.05) is 84.9 Å². The summed E-state index contributed by atoms with van der Waals surface area (Å²) in [7, 11) is -4.34. The van der Waals surface area contributed by atoms with Gasteiger partial charge in [-0.3, -0.25) is 4.90 Å². The Labute approximate surface area is 328 Å². The van der Waals surface area contributed by atoms with Gasteiger partial charge in [-0.25, -0.2) is 27.7 Å². The molecule has 1 aliphatic heterocycles. The van der Waals surface area contributed by atoms with Crippen molar-refractivity contribution in [2.24, 2.45) is 0 Å². The summed E-state index contributed by atoms with van der Waals surface area (Å²) >= 11 is 0. The summed E-state index contributed by atoms with van der Waals surface area (Å²) in [6.45, 7) is 11.3. The van der Waals surface area contributed by atoms with Crippen LogP contribution in [0.15, 0.2) is 114 Å². The number of nitrogens with zero attached hydrogens (tertiary/aromatic N) is 4. The zero-order valence-electron chi connectivity index (χ0n) is 32.2. The topological polar surface area (TPSA) is 151 Å². The number of aromatic carboxylic acids is 1. The van der Waals surface area contributed by atoms with Crippen molar-refractivity contribution in [3.8, 4) is 17.1 Å². The van der Waals surface area contributed by atoms with E-state index in [1.165, 1.54) is 18.2 Å². The molecule has 1 aliphatic rings. The molecule has 13 heteroatoms. The second-order valence-electron chi connectivity index (χ2n) is 14.9. The average molecular weight is 778 g/mol. The number of carboxylic acid groups (broad SMARTS) is 1. The molecule has 1 fully saturated rings. The highest BCUT2D eigenvalue weighted by molar-refractivity contribution is 7.92. The summed E-state index contributed by atoms with van der Waals surface area (Å²) < 4.78 is 42.6. The molecule has 6 rings (SSSR count). The first-order chi connectivity index (χ1) is 26.6. The molecule has 1 saturated heterocycles. The Kier molecular flexibility index (Phi) is 12.1. The largest absolute Gasteiger partial charge is 0.478 e. The lowest BCUT2D eigenvalue weighted by Gasteiger charge is -2.44. The predicted molar refractivity (Wildman–Crippen MR) is 214 cm³/mol. The lowest BCUT2D eigenvalue weighted by Crippen LogP contribution is -2.60. The molecule has 0 spiro atoms. The lowest BCUT2D eigenvalue weighted by atomic mass is 9.97. The molecular formula is C43H47N5O7S. The second kappa shape index (κ2) is 16.9. The van der Waals surface area contributed by atoms with E-state index in [9.17, 15) is 23.1 Å². The number of anilines is 1. The number of piperazine rings is 1. The molecule has 0 aliphatic carbocycles. The third kappa shape index (κ3) is 10.1. The number of aryl methyl sites for hydroxylation is 2. The van der Waals surface area contributed by atoms with E-state index in [1.807, 2.05) is 101 Å². The van der Waals surface area contributed by atoms with Crippen molar-refractivity contribution in [3.63, 3.8) is 0 Å². The first-order valence-electron chi connectivity index (χ1n) is 18.4. The van der Waals surface area contributed by atoms with Gasteiger partial charge in [-0.2, -0.15) is 4.98 Å². The zero-order valence-corrected chi connectivity index (χ0v) is 33.0. The van der Waals surface area contributed by atoms with E-state index in [2.05, 4.69) is 31.7 Å². The molecule has 56 heavy (non-hydrogen) atoms. The number of carboxylic acids is 1. The Bertz CT molecular complexity index is 2260. The van der Waals surface area contributed by atoms with Gasteiger partial charge >= 0.3 is 12.1 Å². The highest BCUT2D eigenvalue weighted by atomic mass is 32.2. The van der Waals surface area contributed by atoms with Gasteiger partial charge in [0.15, 0.2) is 0 Å². The van der Waals surface area contributed by atoms with Crippen LogP contribution in [0.25, 0.3) is 11.3 Å². The van der Waals surface area contributed by atoms with Gasteiger partial charge in [0.05, 0.1) is 22.2 Å². The monoisotopic (exact) mass is 777 g/mol. The molecule has 12 nitrogen and oxygen atoms in total. The van der Waals surface area contributed by atoms with E-state index in [0.29, 0.717) is 38.3 Å². The van der Waals surface area contributed by atoms with Crippen molar-refractivity contribution in [2.75, 3.05) is 24.4 Å². The molecule has 1 amide bonds. The molecule has 0 radical (unpaired) electrons. The van der Waals surface area contributed by atoms with Crippen LogP contribution in [0.4, 0.5) is 10.7 Å². The first kappa shape index (κ1) is 39.9. The lowest BCUT2D eigenvalue weighted by molar-refractivity contribution is -0.0217. The molecule has 0 bridgehead atoms. The number of carbonyl (C=O) groups is 2. The van der Waals surface area contributed by atoms with Gasteiger partial charge in [-0.05, 0) is 75.1 Å². The maximum absolute atomic E-state index is 13.7. The van der Waals surface area contributed by atoms with Gasteiger partial charge in [0, 0.05) is 44.2 Å². The van der Waals surface area contributed by atoms with E-state index < -0.39 is 33.8 Å². The fourth-order valence-corrected chi connectivity index (χ4v) is 7.81. The number of aromatic nitrogens is 2. The fourth-order valence-electron chi connectivity index (χ4n) is 6.82. The van der Waals surface area contributed by atoms with Gasteiger partial charge in [0.25, 0.3) is 10.0 Å². The van der Waals surface area contributed by atoms with Crippen molar-refractivity contribution in [3.05, 3.63) is 137 Å². The normalized spacial score (nSPS) is 15.5. The van der Waals surface area contributed by atoms with Crippen LogP contribution in [-0.4, -0.2) is 82.7 Å². The van der Waals surface area contributed by atoms with Crippen LogP contribution >= 0.6 is 0 Å². The molecule has 2 atom stereocenters. The minimum absolute atomic E-state index is 0.115. The molecule has 4 aromatic carbocycles. The summed E-state index contributed by atoms with van der Waals surface area (Å²) in [4.78, 5) is 38.2. The number of hydrogen-bond donors (Lipinski definition) is 2. The number of amides is 1. The van der Waals surface area contributed by atoms with Gasteiger partial charge < -0.3 is 19.5 Å². The number of hydrogen-bond acceptors (Lipinski definition) is 9. The molecule has 0 saturated carbocycles. The smallest absolute Gasteiger partial charge is 0.410 e. The fraction of sp³-hybridized carbons (Fsp3) is 0.302. The number of nitrogens with one attached hydrogen (secondary N) is 1. The van der Waals surface area contributed by atoms with Gasteiger partial charge in [0.2, 0.25) is 11.8 Å². The van der Waals surface area contributed by atoms with Crippen LogP contribution in [0.2, 0.25) is 0 Å². The number of sulfonamides is 1. The van der Waals surface area contributed by atoms with Crippen molar-refractivity contribution < 1.29 is 32.6 Å². The SMILES string of the molecule is Cc1cccc(C)c1-c1cc(OC(Cc2ccccc2)C2CN(C(=O)OC(C)(C)C)CCN2Cc2ccccc2)nc(NS(=O)(=O)c2cccc(C(=O)O)c2)n1. The van der Waals surface area contributed by atoms with E-state index in [0.717, 1.165) is 33.9 Å². The molecular weight excluding hydrogens is 731 g/mol. The quantitative estimate of drug-likeness (QED) is 0.131. The minimum atomic E-state index is -4.34. The van der Waals surface area contributed by atoms with Crippen LogP contribution in [0.5, 0.6) is 5.88 Å². The number of carbonyl (C=O) groups excluding carboxylic acids is 1. The van der Waals surface area contributed by atoms with Crippen molar-refractivity contribution >= 4 is 28.0 Å². The maximum atomic E-state index is 13.7. The van der Waals surface area contributed by atoms with Crippen LogP contribution in [0.1, 0.15) is 53.4 Å². The molecule has 1 aromatic heterocycles. The number of benzene rings is 4. The highest BCUT2D eigenvalue weighted by Crippen LogP contribution is 2.31. The summed E-state index contributed by atoms with van der Waals surface area (Å²) in [5.74, 6) is -1.39. The highest BCUT2D eigenvalue weighted by Gasteiger charge is 2.38. The van der Waals surface area contributed by atoms with Crippen LogP contribution < -0.4 is 9.46 Å². The van der Waals surface area contributed by atoms with E-state index in [4.69, 9.17) is 9.47 Å². The molecule has 2 N–H and O–H groups in total. The Morgan fingerprint density at radius 3 is 2.14 bits per heavy atom. The Morgan fingerprint density at radius 2 is 1.50 bits per heavy atom. The van der Waals surface area contributed by atoms with Crippen molar-refractivity contribution in [1.29, 1.82) is 0 Å². The van der Waals surface area contributed by atoms with Crippen LogP contribution in [0, 0.1) is 13.8 Å².